The molecule has 1 aromatic rings. The predicted molar refractivity (Wildman–Crippen MR) is 67.5 cm³/mol. The highest BCUT2D eigenvalue weighted by molar-refractivity contribution is 5.31. The van der Waals surface area contributed by atoms with Gasteiger partial charge in [0.1, 0.15) is 5.82 Å². The molecule has 20 heavy (non-hydrogen) atoms. The van der Waals surface area contributed by atoms with E-state index in [1.54, 1.807) is 0 Å². The molecule has 1 aromatic carbocycles. The molecule has 1 fully saturated rings. The van der Waals surface area contributed by atoms with Crippen LogP contribution in [0.25, 0.3) is 0 Å². The Bertz CT molecular complexity index is 473. The fourth-order valence-corrected chi connectivity index (χ4v) is 2.96. The summed E-state index contributed by atoms with van der Waals surface area (Å²) in [5.41, 5.74) is -2.53. The highest BCUT2D eigenvalue weighted by atomic mass is 19.4. The second-order valence-electron chi connectivity index (χ2n) is 5.67. The number of benzene rings is 1. The van der Waals surface area contributed by atoms with Crippen molar-refractivity contribution in [3.05, 3.63) is 35.1 Å². The number of rotatable bonds is 2. The molecule has 1 aliphatic carbocycles. The quantitative estimate of drug-likeness (QED) is 0.787. The highest BCUT2D eigenvalue weighted by Crippen LogP contribution is 2.41. The summed E-state index contributed by atoms with van der Waals surface area (Å²) in [6.07, 6.45) is -0.160. The third-order valence-corrected chi connectivity index (χ3v) is 4.26. The van der Waals surface area contributed by atoms with Crippen LogP contribution in [0.4, 0.5) is 17.6 Å². The molecule has 1 atom stereocenters. The average molecular weight is 290 g/mol. The van der Waals surface area contributed by atoms with Crippen LogP contribution in [0.5, 0.6) is 0 Å². The maximum Gasteiger partial charge on any atom is 0.419 e. The lowest BCUT2D eigenvalue weighted by atomic mass is 9.74. The Balaban J connectivity index is 2.36. The fourth-order valence-electron chi connectivity index (χ4n) is 2.96. The molecule has 112 valence electrons. The minimum Gasteiger partial charge on any atom is -0.385 e. The lowest BCUT2D eigenvalue weighted by Crippen LogP contribution is -2.33. The molecule has 0 aliphatic heterocycles. The van der Waals surface area contributed by atoms with E-state index in [-0.39, 0.29) is 11.5 Å². The molecular weight excluding hydrogens is 272 g/mol. The minimum atomic E-state index is -4.75. The van der Waals surface area contributed by atoms with Crippen molar-refractivity contribution in [3.8, 4) is 0 Å². The molecule has 0 heterocycles. The Morgan fingerprint density at radius 3 is 2.25 bits per heavy atom. The van der Waals surface area contributed by atoms with Gasteiger partial charge in [0.15, 0.2) is 0 Å². The van der Waals surface area contributed by atoms with Gasteiger partial charge >= 0.3 is 6.18 Å². The zero-order valence-corrected chi connectivity index (χ0v) is 11.3. The summed E-state index contributed by atoms with van der Waals surface area (Å²) in [5, 5.41) is 10.6. The van der Waals surface area contributed by atoms with Crippen molar-refractivity contribution in [1.29, 1.82) is 0 Å². The largest absolute Gasteiger partial charge is 0.419 e. The monoisotopic (exact) mass is 290 g/mol. The number of halogens is 4. The second-order valence-corrected chi connectivity index (χ2v) is 5.67. The third-order valence-electron chi connectivity index (χ3n) is 4.26. The third kappa shape index (κ3) is 2.97. The molecule has 1 saturated carbocycles. The Hall–Kier alpha value is -1.10. The predicted octanol–water partition coefficient (Wildman–Crippen LogP) is 4.63. The summed E-state index contributed by atoms with van der Waals surface area (Å²) in [7, 11) is 0. The molecule has 1 nitrogen and oxygen atoms in total. The van der Waals surface area contributed by atoms with Gasteiger partial charge in [-0.15, -0.1) is 0 Å². The van der Waals surface area contributed by atoms with E-state index in [2.05, 4.69) is 0 Å². The maximum atomic E-state index is 13.3. The minimum absolute atomic E-state index is 0.0807. The zero-order chi connectivity index (χ0) is 15.0. The Kier molecular flexibility index (Phi) is 4.09. The van der Waals surface area contributed by atoms with E-state index < -0.39 is 23.2 Å². The van der Waals surface area contributed by atoms with Gasteiger partial charge in [-0.1, -0.05) is 25.3 Å². The zero-order valence-electron chi connectivity index (χ0n) is 11.3. The molecule has 0 spiro atoms. The van der Waals surface area contributed by atoms with Crippen LogP contribution < -0.4 is 0 Å². The first-order chi connectivity index (χ1) is 9.23. The summed E-state index contributed by atoms with van der Waals surface area (Å²) in [5.74, 6) is -1.39. The molecular formula is C15H18F4O. The lowest BCUT2D eigenvalue weighted by molar-refractivity contribution is -0.140. The second kappa shape index (κ2) is 5.35. The lowest BCUT2D eigenvalue weighted by Gasteiger charge is -2.36. The van der Waals surface area contributed by atoms with Crippen LogP contribution in [0.15, 0.2) is 18.2 Å². The SMILES string of the molecule is CC(O)(c1ccc(F)c(C(F)(F)F)c1)C1CCCCC1. The molecule has 0 saturated heterocycles. The van der Waals surface area contributed by atoms with Crippen LogP contribution in [0.2, 0.25) is 0 Å². The Morgan fingerprint density at radius 2 is 1.70 bits per heavy atom. The molecule has 5 heteroatoms. The van der Waals surface area contributed by atoms with Crippen molar-refractivity contribution in [1.82, 2.24) is 0 Å². The van der Waals surface area contributed by atoms with E-state index in [1.165, 1.54) is 13.0 Å². The van der Waals surface area contributed by atoms with Gasteiger partial charge < -0.3 is 5.11 Å². The standard InChI is InChI=1S/C15H18F4O/c1-14(20,10-5-3-2-4-6-10)11-7-8-13(16)12(9-11)15(17,18)19/h7-10,20H,2-6H2,1H3. The van der Waals surface area contributed by atoms with Crippen LogP contribution in [-0.4, -0.2) is 5.11 Å². The highest BCUT2D eigenvalue weighted by Gasteiger charge is 2.39. The molecule has 2 rings (SSSR count). The van der Waals surface area contributed by atoms with Crippen LogP contribution in [0.3, 0.4) is 0 Å². The van der Waals surface area contributed by atoms with Gasteiger partial charge in [-0.2, -0.15) is 13.2 Å². The van der Waals surface area contributed by atoms with Crippen LogP contribution >= 0.6 is 0 Å². The van der Waals surface area contributed by atoms with Gasteiger partial charge in [0.2, 0.25) is 0 Å². The van der Waals surface area contributed by atoms with Crippen LogP contribution in [0, 0.1) is 11.7 Å². The van der Waals surface area contributed by atoms with E-state index in [1.807, 2.05) is 0 Å². The number of aliphatic hydroxyl groups is 1. The molecule has 1 N–H and O–H groups in total. The molecule has 1 aliphatic rings. The van der Waals surface area contributed by atoms with E-state index >= 15 is 0 Å². The van der Waals surface area contributed by atoms with Gasteiger partial charge in [0.05, 0.1) is 11.2 Å². The van der Waals surface area contributed by atoms with Gasteiger partial charge in [-0.25, -0.2) is 4.39 Å². The number of hydrogen-bond acceptors (Lipinski definition) is 1. The summed E-state index contributed by atoms with van der Waals surface area (Å²) in [6.45, 7) is 1.52. The van der Waals surface area contributed by atoms with E-state index in [9.17, 15) is 22.7 Å². The van der Waals surface area contributed by atoms with Gasteiger partial charge in [-0.05, 0) is 43.4 Å². The van der Waals surface area contributed by atoms with Crippen molar-refractivity contribution in [2.45, 2.75) is 50.8 Å². The van der Waals surface area contributed by atoms with Crippen LogP contribution in [0.1, 0.15) is 50.2 Å². The molecule has 1 unspecified atom stereocenters. The molecule has 0 radical (unpaired) electrons. The van der Waals surface area contributed by atoms with Crippen molar-refractivity contribution >= 4 is 0 Å². The van der Waals surface area contributed by atoms with Gasteiger partial charge in [-0.3, -0.25) is 0 Å². The average Bonchev–Trinajstić information content (AvgIpc) is 2.38. The van der Waals surface area contributed by atoms with E-state index in [0.29, 0.717) is 0 Å². The smallest absolute Gasteiger partial charge is 0.385 e. The topological polar surface area (TPSA) is 20.2 Å². The first-order valence-corrected chi connectivity index (χ1v) is 6.82. The maximum absolute atomic E-state index is 13.3. The van der Waals surface area contributed by atoms with Crippen molar-refractivity contribution in [2.75, 3.05) is 0 Å². The van der Waals surface area contributed by atoms with Crippen molar-refractivity contribution in [2.24, 2.45) is 5.92 Å². The Morgan fingerprint density at radius 1 is 1.10 bits per heavy atom. The first kappa shape index (κ1) is 15.3. The molecule has 0 aromatic heterocycles. The number of hydrogen-bond donors (Lipinski definition) is 1. The summed E-state index contributed by atoms with van der Waals surface area (Å²) >= 11 is 0. The van der Waals surface area contributed by atoms with E-state index in [4.69, 9.17) is 0 Å². The summed E-state index contributed by atoms with van der Waals surface area (Å²) in [6, 6.07) is 2.78. The van der Waals surface area contributed by atoms with Crippen molar-refractivity contribution in [3.63, 3.8) is 0 Å². The normalized spacial score (nSPS) is 20.7. The van der Waals surface area contributed by atoms with Crippen LogP contribution in [-0.2, 0) is 11.8 Å². The first-order valence-electron chi connectivity index (χ1n) is 6.82. The van der Waals surface area contributed by atoms with Crippen molar-refractivity contribution < 1.29 is 22.7 Å². The van der Waals surface area contributed by atoms with Gasteiger partial charge in [0, 0.05) is 0 Å². The van der Waals surface area contributed by atoms with E-state index in [0.717, 1.165) is 44.2 Å². The fraction of sp³-hybridized carbons (Fsp3) is 0.600. The summed E-state index contributed by atoms with van der Waals surface area (Å²) in [4.78, 5) is 0. The summed E-state index contributed by atoms with van der Waals surface area (Å²) < 4.78 is 51.5. The molecule has 0 bridgehead atoms. The van der Waals surface area contributed by atoms with Gasteiger partial charge in [0.25, 0.3) is 0 Å². The molecule has 0 amide bonds. The Labute approximate surface area is 115 Å². The number of alkyl halides is 3.